The first-order chi connectivity index (χ1) is 8.81. The first kappa shape index (κ1) is 15.6. The van der Waals surface area contributed by atoms with Gasteiger partial charge in [-0.1, -0.05) is 0 Å². The van der Waals surface area contributed by atoms with Crippen LogP contribution < -0.4 is 5.32 Å². The van der Waals surface area contributed by atoms with Crippen LogP contribution >= 0.6 is 0 Å². The number of nitrogens with zero attached hydrogens (tertiary/aromatic N) is 1. The predicted octanol–water partition coefficient (Wildman–Crippen LogP) is 2.13. The van der Waals surface area contributed by atoms with Crippen molar-refractivity contribution in [3.05, 3.63) is 0 Å². The van der Waals surface area contributed by atoms with Crippen LogP contribution in [0.1, 0.15) is 40.5 Å². The Kier molecular flexibility index (Phi) is 5.44. The van der Waals surface area contributed by atoms with Gasteiger partial charge in [0.2, 0.25) is 0 Å². The minimum Gasteiger partial charge on any atom is -0.450 e. The van der Waals surface area contributed by atoms with Gasteiger partial charge in [0.1, 0.15) is 5.60 Å². The van der Waals surface area contributed by atoms with Crippen molar-refractivity contribution in [2.45, 2.75) is 52.2 Å². The van der Waals surface area contributed by atoms with Crippen molar-refractivity contribution in [3.63, 3.8) is 0 Å². The van der Waals surface area contributed by atoms with Gasteiger partial charge in [-0.2, -0.15) is 0 Å². The molecule has 6 heteroatoms. The van der Waals surface area contributed by atoms with Gasteiger partial charge in [-0.3, -0.25) is 0 Å². The van der Waals surface area contributed by atoms with Crippen molar-refractivity contribution >= 4 is 12.2 Å². The molecule has 0 radical (unpaired) electrons. The highest BCUT2D eigenvalue weighted by atomic mass is 16.6. The first-order valence-corrected chi connectivity index (χ1v) is 6.73. The highest BCUT2D eigenvalue weighted by Gasteiger charge is 2.27. The van der Waals surface area contributed by atoms with E-state index in [1.165, 1.54) is 0 Å². The molecular formula is C13H24N2O4. The Labute approximate surface area is 114 Å². The zero-order valence-corrected chi connectivity index (χ0v) is 12.2. The van der Waals surface area contributed by atoms with Gasteiger partial charge in [-0.15, -0.1) is 0 Å². The summed E-state index contributed by atoms with van der Waals surface area (Å²) in [6.45, 7) is 8.73. The molecule has 2 amide bonds. The van der Waals surface area contributed by atoms with Crippen LogP contribution in [-0.2, 0) is 9.47 Å². The van der Waals surface area contributed by atoms with Crippen molar-refractivity contribution < 1.29 is 19.1 Å². The third-order valence-corrected chi connectivity index (χ3v) is 2.67. The summed E-state index contributed by atoms with van der Waals surface area (Å²) in [4.78, 5) is 24.9. The van der Waals surface area contributed by atoms with E-state index in [1.54, 1.807) is 11.8 Å². The Hall–Kier alpha value is -1.46. The quantitative estimate of drug-likeness (QED) is 0.836. The van der Waals surface area contributed by atoms with E-state index >= 15 is 0 Å². The molecule has 1 N–H and O–H groups in total. The van der Waals surface area contributed by atoms with Crippen molar-refractivity contribution in [2.24, 2.45) is 0 Å². The van der Waals surface area contributed by atoms with Gasteiger partial charge in [0.05, 0.1) is 6.61 Å². The summed E-state index contributed by atoms with van der Waals surface area (Å²) >= 11 is 0. The van der Waals surface area contributed by atoms with Gasteiger partial charge >= 0.3 is 12.2 Å². The standard InChI is InChI=1S/C13H24N2O4/c1-5-18-12(17)15-8-6-7-10(9-15)14-11(16)19-13(2,3)4/h10H,5-9H2,1-4H3,(H,14,16)/t10-/m1/s1. The van der Waals surface area contributed by atoms with Gasteiger partial charge in [0.25, 0.3) is 0 Å². The van der Waals surface area contributed by atoms with Crippen LogP contribution in [0.2, 0.25) is 0 Å². The number of piperidine rings is 1. The second-order valence-corrected chi connectivity index (χ2v) is 5.63. The number of hydrogen-bond donors (Lipinski definition) is 1. The molecule has 0 bridgehead atoms. The largest absolute Gasteiger partial charge is 0.450 e. The molecule has 1 atom stereocenters. The number of carbonyl (C=O) groups excluding carboxylic acids is 2. The molecular weight excluding hydrogens is 248 g/mol. The molecule has 0 aromatic carbocycles. The number of alkyl carbamates (subject to hydrolysis) is 1. The molecule has 0 spiro atoms. The Morgan fingerprint density at radius 3 is 2.63 bits per heavy atom. The van der Waals surface area contributed by atoms with Crippen LogP contribution in [0.15, 0.2) is 0 Å². The SMILES string of the molecule is CCOC(=O)N1CCC[C@@H](NC(=O)OC(C)(C)C)C1. The fraction of sp³-hybridized carbons (Fsp3) is 0.846. The predicted molar refractivity (Wildman–Crippen MR) is 71.0 cm³/mol. The van der Waals surface area contributed by atoms with Crippen LogP contribution in [0.5, 0.6) is 0 Å². The number of ether oxygens (including phenoxy) is 2. The lowest BCUT2D eigenvalue weighted by Gasteiger charge is -2.32. The average Bonchev–Trinajstić information content (AvgIpc) is 2.27. The van der Waals surface area contributed by atoms with Gasteiger partial charge in [0, 0.05) is 19.1 Å². The summed E-state index contributed by atoms with van der Waals surface area (Å²) in [6, 6.07) is -0.0759. The molecule has 110 valence electrons. The molecule has 0 unspecified atom stereocenters. The van der Waals surface area contributed by atoms with Crippen LogP contribution in [0, 0.1) is 0 Å². The Morgan fingerprint density at radius 1 is 1.37 bits per heavy atom. The maximum atomic E-state index is 11.7. The molecule has 1 aliphatic rings. The second-order valence-electron chi connectivity index (χ2n) is 5.63. The molecule has 1 heterocycles. The van der Waals surface area contributed by atoms with Crippen LogP contribution in [0.4, 0.5) is 9.59 Å². The molecule has 0 aromatic heterocycles. The summed E-state index contributed by atoms with van der Waals surface area (Å²) in [5, 5.41) is 2.79. The summed E-state index contributed by atoms with van der Waals surface area (Å²) in [6.07, 6.45) is 0.926. The summed E-state index contributed by atoms with van der Waals surface area (Å²) in [5.41, 5.74) is -0.514. The summed E-state index contributed by atoms with van der Waals surface area (Å²) < 4.78 is 10.2. The molecule has 19 heavy (non-hydrogen) atoms. The molecule has 1 saturated heterocycles. The maximum absolute atomic E-state index is 11.7. The van der Waals surface area contributed by atoms with Gasteiger partial charge in [-0.05, 0) is 40.5 Å². The van der Waals surface area contributed by atoms with E-state index in [9.17, 15) is 9.59 Å². The molecule has 1 aliphatic heterocycles. The zero-order valence-electron chi connectivity index (χ0n) is 12.2. The lowest BCUT2D eigenvalue weighted by atomic mass is 10.1. The van der Waals surface area contributed by atoms with Gasteiger partial charge < -0.3 is 19.7 Å². The van der Waals surface area contributed by atoms with Crippen LogP contribution in [-0.4, -0.2) is 48.4 Å². The van der Waals surface area contributed by atoms with E-state index in [1.807, 2.05) is 20.8 Å². The van der Waals surface area contributed by atoms with E-state index in [-0.39, 0.29) is 12.1 Å². The lowest BCUT2D eigenvalue weighted by molar-refractivity contribution is 0.0457. The third kappa shape index (κ3) is 5.81. The fourth-order valence-corrected chi connectivity index (χ4v) is 1.95. The number of nitrogens with one attached hydrogen (secondary N) is 1. The van der Waals surface area contributed by atoms with E-state index in [0.717, 1.165) is 12.8 Å². The van der Waals surface area contributed by atoms with Crippen LogP contribution in [0.3, 0.4) is 0 Å². The molecule has 1 rings (SSSR count). The third-order valence-electron chi connectivity index (χ3n) is 2.67. The minimum absolute atomic E-state index is 0.0759. The molecule has 0 aliphatic carbocycles. The van der Waals surface area contributed by atoms with E-state index in [4.69, 9.17) is 9.47 Å². The van der Waals surface area contributed by atoms with Crippen LogP contribution in [0.25, 0.3) is 0 Å². The number of carbonyl (C=O) groups is 2. The Balaban J connectivity index is 2.42. The van der Waals surface area contributed by atoms with E-state index in [2.05, 4.69) is 5.32 Å². The van der Waals surface area contributed by atoms with Crippen molar-refractivity contribution in [2.75, 3.05) is 19.7 Å². The van der Waals surface area contributed by atoms with Crippen molar-refractivity contribution in [1.29, 1.82) is 0 Å². The topological polar surface area (TPSA) is 67.9 Å². The van der Waals surface area contributed by atoms with E-state index in [0.29, 0.717) is 19.7 Å². The number of rotatable bonds is 2. The average molecular weight is 272 g/mol. The lowest BCUT2D eigenvalue weighted by Crippen LogP contribution is -2.50. The Morgan fingerprint density at radius 2 is 2.05 bits per heavy atom. The van der Waals surface area contributed by atoms with Crippen molar-refractivity contribution in [1.82, 2.24) is 10.2 Å². The summed E-state index contributed by atoms with van der Waals surface area (Å²) in [7, 11) is 0. The Bertz CT molecular complexity index is 325. The monoisotopic (exact) mass is 272 g/mol. The second kappa shape index (κ2) is 6.63. The summed E-state index contributed by atoms with van der Waals surface area (Å²) in [5.74, 6) is 0. The highest BCUT2D eigenvalue weighted by molar-refractivity contribution is 5.69. The smallest absolute Gasteiger partial charge is 0.409 e. The normalized spacial score (nSPS) is 19.8. The highest BCUT2D eigenvalue weighted by Crippen LogP contribution is 2.13. The number of amides is 2. The first-order valence-electron chi connectivity index (χ1n) is 6.73. The van der Waals surface area contributed by atoms with Gasteiger partial charge in [-0.25, -0.2) is 9.59 Å². The van der Waals surface area contributed by atoms with Crippen molar-refractivity contribution in [3.8, 4) is 0 Å². The maximum Gasteiger partial charge on any atom is 0.409 e. The molecule has 1 fully saturated rings. The molecule has 0 aromatic rings. The number of hydrogen-bond acceptors (Lipinski definition) is 4. The fourth-order valence-electron chi connectivity index (χ4n) is 1.95. The zero-order chi connectivity index (χ0) is 14.5. The van der Waals surface area contributed by atoms with E-state index < -0.39 is 11.7 Å². The molecule has 6 nitrogen and oxygen atoms in total. The number of likely N-dealkylation sites (tertiary alicyclic amines) is 1. The molecule has 0 saturated carbocycles. The minimum atomic E-state index is -0.514. The van der Waals surface area contributed by atoms with Gasteiger partial charge in [0.15, 0.2) is 0 Å².